The molecule has 5 nitrogen and oxygen atoms in total. The first-order chi connectivity index (χ1) is 14.0. The molecule has 144 valence electrons. The maximum absolute atomic E-state index is 12.4. The molecule has 0 atom stereocenters. The number of amides is 3. The van der Waals surface area contributed by atoms with Gasteiger partial charge < -0.3 is 5.32 Å². The van der Waals surface area contributed by atoms with Gasteiger partial charge in [0.25, 0.3) is 17.7 Å². The molecule has 29 heavy (non-hydrogen) atoms. The van der Waals surface area contributed by atoms with Crippen molar-refractivity contribution in [3.63, 3.8) is 0 Å². The number of hydrogen-bond donors (Lipinski definition) is 1. The SMILES string of the molecule is Cc1ccc(C(=O)Nc2ccc(SCN3C(=O)c4ccccc4C3=O)cc2)cc1. The number of aryl methyl sites for hydroxylation is 1. The minimum absolute atomic E-state index is 0.170. The van der Waals surface area contributed by atoms with E-state index in [1.807, 2.05) is 31.2 Å². The molecule has 0 bridgehead atoms. The summed E-state index contributed by atoms with van der Waals surface area (Å²) in [7, 11) is 0. The van der Waals surface area contributed by atoms with Crippen molar-refractivity contribution >= 4 is 35.2 Å². The summed E-state index contributed by atoms with van der Waals surface area (Å²) >= 11 is 1.39. The molecule has 0 unspecified atom stereocenters. The number of imide groups is 1. The Morgan fingerprint density at radius 2 is 1.45 bits per heavy atom. The van der Waals surface area contributed by atoms with E-state index in [4.69, 9.17) is 0 Å². The third kappa shape index (κ3) is 3.93. The number of nitrogens with one attached hydrogen (secondary N) is 1. The molecule has 4 rings (SSSR count). The number of hydrogen-bond acceptors (Lipinski definition) is 4. The molecular weight excluding hydrogens is 384 g/mol. The van der Waals surface area contributed by atoms with E-state index in [-0.39, 0.29) is 23.6 Å². The number of thioether (sulfide) groups is 1. The van der Waals surface area contributed by atoms with Gasteiger partial charge in [0, 0.05) is 16.1 Å². The van der Waals surface area contributed by atoms with Crippen LogP contribution in [0.5, 0.6) is 0 Å². The summed E-state index contributed by atoms with van der Waals surface area (Å²) < 4.78 is 0. The predicted molar refractivity (Wildman–Crippen MR) is 113 cm³/mol. The van der Waals surface area contributed by atoms with Crippen LogP contribution in [0.4, 0.5) is 5.69 Å². The molecule has 3 aromatic carbocycles. The molecule has 1 heterocycles. The van der Waals surface area contributed by atoms with Crippen LogP contribution >= 0.6 is 11.8 Å². The van der Waals surface area contributed by atoms with Gasteiger partial charge >= 0.3 is 0 Å². The summed E-state index contributed by atoms with van der Waals surface area (Å²) in [6.07, 6.45) is 0. The largest absolute Gasteiger partial charge is 0.322 e. The second-order valence-corrected chi connectivity index (χ2v) is 7.72. The van der Waals surface area contributed by atoms with E-state index < -0.39 is 0 Å². The molecule has 0 fully saturated rings. The standard InChI is InChI=1S/C23H18N2O3S/c1-15-6-8-16(9-7-15)21(26)24-17-10-12-18(13-11-17)29-14-25-22(27)19-4-2-3-5-20(19)23(25)28/h2-13H,14H2,1H3,(H,24,26). The smallest absolute Gasteiger partial charge is 0.262 e. The average Bonchev–Trinajstić information content (AvgIpc) is 2.98. The monoisotopic (exact) mass is 402 g/mol. The molecule has 3 aromatic rings. The van der Waals surface area contributed by atoms with Crippen molar-refractivity contribution in [2.75, 3.05) is 11.2 Å². The molecule has 0 saturated heterocycles. The minimum atomic E-state index is -0.264. The third-order valence-electron chi connectivity index (χ3n) is 4.66. The Kier molecular flexibility index (Phi) is 5.18. The first-order valence-corrected chi connectivity index (χ1v) is 10.1. The Morgan fingerprint density at radius 1 is 0.862 bits per heavy atom. The van der Waals surface area contributed by atoms with Gasteiger partial charge in [-0.05, 0) is 55.5 Å². The van der Waals surface area contributed by atoms with E-state index >= 15 is 0 Å². The van der Waals surface area contributed by atoms with E-state index in [0.29, 0.717) is 22.4 Å². The van der Waals surface area contributed by atoms with Crippen LogP contribution in [0, 0.1) is 6.92 Å². The van der Waals surface area contributed by atoms with E-state index in [1.54, 1.807) is 48.5 Å². The zero-order chi connectivity index (χ0) is 20.4. The van der Waals surface area contributed by atoms with Gasteiger partial charge in [-0.1, -0.05) is 29.8 Å². The molecule has 1 N–H and O–H groups in total. The highest BCUT2D eigenvalue weighted by Gasteiger charge is 2.34. The zero-order valence-electron chi connectivity index (χ0n) is 15.7. The highest BCUT2D eigenvalue weighted by atomic mass is 32.2. The Bertz CT molecular complexity index is 1060. The van der Waals surface area contributed by atoms with Crippen LogP contribution in [-0.2, 0) is 0 Å². The highest BCUT2D eigenvalue weighted by Crippen LogP contribution is 2.27. The highest BCUT2D eigenvalue weighted by molar-refractivity contribution is 7.99. The lowest BCUT2D eigenvalue weighted by atomic mass is 10.1. The lowest BCUT2D eigenvalue weighted by Crippen LogP contribution is -2.29. The van der Waals surface area contributed by atoms with Crippen LogP contribution in [0.15, 0.2) is 77.7 Å². The van der Waals surface area contributed by atoms with Crippen molar-refractivity contribution in [3.8, 4) is 0 Å². The fourth-order valence-electron chi connectivity index (χ4n) is 3.04. The number of carbonyl (C=O) groups excluding carboxylic acids is 3. The molecular formula is C23H18N2O3S. The van der Waals surface area contributed by atoms with Gasteiger partial charge in [-0.15, -0.1) is 11.8 Å². The van der Waals surface area contributed by atoms with Crippen LogP contribution in [0.1, 0.15) is 36.6 Å². The van der Waals surface area contributed by atoms with E-state index in [0.717, 1.165) is 10.5 Å². The predicted octanol–water partition coefficient (Wildman–Crippen LogP) is 4.59. The van der Waals surface area contributed by atoms with E-state index in [1.165, 1.54) is 16.7 Å². The normalized spacial score (nSPS) is 12.8. The van der Waals surface area contributed by atoms with Crippen LogP contribution in [-0.4, -0.2) is 28.5 Å². The molecule has 3 amide bonds. The summed E-state index contributed by atoms with van der Waals surface area (Å²) in [4.78, 5) is 39.3. The number of anilines is 1. The van der Waals surface area contributed by atoms with Gasteiger partial charge in [-0.2, -0.15) is 0 Å². The first-order valence-electron chi connectivity index (χ1n) is 9.09. The Hall–Kier alpha value is -3.38. The van der Waals surface area contributed by atoms with Crippen LogP contribution < -0.4 is 5.32 Å². The van der Waals surface area contributed by atoms with Crippen LogP contribution in [0.2, 0.25) is 0 Å². The lowest BCUT2D eigenvalue weighted by Gasteiger charge is -2.13. The van der Waals surface area contributed by atoms with Gasteiger partial charge in [0.05, 0.1) is 17.0 Å². The van der Waals surface area contributed by atoms with Crippen molar-refractivity contribution in [1.29, 1.82) is 0 Å². The van der Waals surface area contributed by atoms with Gasteiger partial charge in [0.1, 0.15) is 0 Å². The Morgan fingerprint density at radius 3 is 2.03 bits per heavy atom. The molecule has 6 heteroatoms. The minimum Gasteiger partial charge on any atom is -0.322 e. The van der Waals surface area contributed by atoms with Crippen molar-refractivity contribution < 1.29 is 14.4 Å². The van der Waals surface area contributed by atoms with Gasteiger partial charge in [-0.3, -0.25) is 19.3 Å². The molecule has 0 spiro atoms. The summed E-state index contributed by atoms with van der Waals surface area (Å²) in [5.74, 6) is -0.460. The van der Waals surface area contributed by atoms with Crippen molar-refractivity contribution in [3.05, 3.63) is 95.1 Å². The Balaban J connectivity index is 1.37. The molecule has 1 aliphatic rings. The fraction of sp³-hybridized carbons (Fsp3) is 0.0870. The molecule has 1 aliphatic heterocycles. The molecule has 0 radical (unpaired) electrons. The topological polar surface area (TPSA) is 66.5 Å². The number of benzene rings is 3. The first kappa shape index (κ1) is 19.0. The molecule has 0 saturated carbocycles. The van der Waals surface area contributed by atoms with E-state index in [9.17, 15) is 14.4 Å². The van der Waals surface area contributed by atoms with Crippen LogP contribution in [0.3, 0.4) is 0 Å². The fourth-order valence-corrected chi connectivity index (χ4v) is 3.88. The molecule has 0 aromatic heterocycles. The van der Waals surface area contributed by atoms with E-state index in [2.05, 4.69) is 5.32 Å². The number of fused-ring (bicyclic) bond motifs is 1. The Labute approximate surface area is 172 Å². The maximum atomic E-state index is 12.4. The number of nitrogens with zero attached hydrogens (tertiary/aromatic N) is 1. The molecule has 0 aliphatic carbocycles. The average molecular weight is 402 g/mol. The third-order valence-corrected chi connectivity index (χ3v) is 5.66. The van der Waals surface area contributed by atoms with Crippen molar-refractivity contribution in [2.45, 2.75) is 11.8 Å². The van der Waals surface area contributed by atoms with Crippen LogP contribution in [0.25, 0.3) is 0 Å². The quantitative estimate of drug-likeness (QED) is 0.501. The van der Waals surface area contributed by atoms with Gasteiger partial charge in [-0.25, -0.2) is 0 Å². The summed E-state index contributed by atoms with van der Waals surface area (Å²) in [6.45, 7) is 1.97. The summed E-state index contributed by atoms with van der Waals surface area (Å²) in [6, 6.07) is 21.5. The van der Waals surface area contributed by atoms with Gasteiger partial charge in [0.2, 0.25) is 0 Å². The summed E-state index contributed by atoms with van der Waals surface area (Å²) in [5.41, 5.74) is 3.28. The second kappa shape index (κ2) is 7.93. The van der Waals surface area contributed by atoms with Crippen molar-refractivity contribution in [1.82, 2.24) is 4.90 Å². The summed E-state index contributed by atoms with van der Waals surface area (Å²) in [5, 5.41) is 2.86. The van der Waals surface area contributed by atoms with Gasteiger partial charge in [0.15, 0.2) is 0 Å². The van der Waals surface area contributed by atoms with Crippen molar-refractivity contribution in [2.24, 2.45) is 0 Å². The lowest BCUT2D eigenvalue weighted by molar-refractivity contribution is 0.0683. The maximum Gasteiger partial charge on any atom is 0.262 e. The number of carbonyl (C=O) groups is 3. The zero-order valence-corrected chi connectivity index (χ0v) is 16.5. The number of rotatable bonds is 5. The second-order valence-electron chi connectivity index (χ2n) is 6.70.